The van der Waals surface area contributed by atoms with Gasteiger partial charge in [-0.1, -0.05) is 12.1 Å². The van der Waals surface area contributed by atoms with Crippen LogP contribution in [0.4, 0.5) is 0 Å². The van der Waals surface area contributed by atoms with Crippen molar-refractivity contribution in [1.29, 1.82) is 0 Å². The minimum Gasteiger partial charge on any atom is -0.0613 e. The Kier molecular flexibility index (Phi) is 2.17. The predicted molar refractivity (Wildman–Crippen MR) is 42.8 cm³/mol. The van der Waals surface area contributed by atoms with Gasteiger partial charge in [-0.25, -0.2) is 0 Å². The highest BCUT2D eigenvalue weighted by Gasteiger charge is 2.04. The van der Waals surface area contributed by atoms with Crippen molar-refractivity contribution in [3.8, 4) is 0 Å². The third kappa shape index (κ3) is 1.75. The average molecular weight is 138 g/mol. The van der Waals surface area contributed by atoms with Gasteiger partial charge in [0.25, 0.3) is 0 Å². The molecule has 0 spiro atoms. The highest BCUT2D eigenvalue weighted by atomic mass is 32.2. The molecule has 0 fully saturated rings. The molecule has 0 aliphatic rings. The smallest absolute Gasteiger partial charge is 0.0613 e. The molecule has 0 bridgehead atoms. The van der Waals surface area contributed by atoms with E-state index in [0.717, 1.165) is 0 Å². The maximum Gasteiger partial charge on any atom is 0.162 e. The van der Waals surface area contributed by atoms with Crippen molar-refractivity contribution in [2.24, 2.45) is 0 Å². The lowest BCUT2D eigenvalue weighted by atomic mass is 10.4. The van der Waals surface area contributed by atoms with Crippen LogP contribution in [0.2, 0.25) is 0 Å². The van der Waals surface area contributed by atoms with Crippen molar-refractivity contribution in [2.75, 3.05) is 12.5 Å². The van der Waals surface area contributed by atoms with Gasteiger partial charge in [0.05, 0.1) is 0 Å². The molecule has 1 aromatic rings. The van der Waals surface area contributed by atoms with E-state index in [4.69, 9.17) is 0 Å². The molecule has 0 atom stereocenters. The second-order valence-corrected chi connectivity index (χ2v) is 4.12. The van der Waals surface area contributed by atoms with Crippen LogP contribution in [0.25, 0.3) is 0 Å². The summed E-state index contributed by atoms with van der Waals surface area (Å²) < 4.78 is 0. The normalized spacial score (nSPS) is 10.1. The fourth-order valence-corrected chi connectivity index (χ4v) is 1.29. The van der Waals surface area contributed by atoms with Crippen LogP contribution in [0.15, 0.2) is 29.2 Å². The lowest BCUT2D eigenvalue weighted by Crippen LogP contribution is -1.93. The molecule has 0 aliphatic heterocycles. The van der Waals surface area contributed by atoms with Gasteiger partial charge < -0.3 is 0 Å². The molecule has 1 heteroatoms. The number of benzene rings is 1. The standard InChI is InChI=1S/C8H10S/c1-9(2)8-6-4-3-5-7-8/h3-6H,1-2H3/q+1. The van der Waals surface area contributed by atoms with Crippen LogP contribution in [-0.4, -0.2) is 12.5 Å². The van der Waals surface area contributed by atoms with Crippen LogP contribution in [0.3, 0.4) is 0 Å². The molecule has 0 saturated heterocycles. The summed E-state index contributed by atoms with van der Waals surface area (Å²) in [5.74, 6) is 0. The zero-order chi connectivity index (χ0) is 6.69. The van der Waals surface area contributed by atoms with E-state index >= 15 is 0 Å². The molecule has 0 N–H and O–H groups in total. The number of rotatable bonds is 1. The van der Waals surface area contributed by atoms with E-state index in [1.165, 1.54) is 4.90 Å². The van der Waals surface area contributed by atoms with Crippen molar-refractivity contribution in [2.45, 2.75) is 4.90 Å². The summed E-state index contributed by atoms with van der Waals surface area (Å²) in [6.07, 6.45) is 4.40. The van der Waals surface area contributed by atoms with Gasteiger partial charge in [0.1, 0.15) is 12.5 Å². The van der Waals surface area contributed by atoms with Gasteiger partial charge in [0.2, 0.25) is 0 Å². The molecule has 0 heterocycles. The quantitative estimate of drug-likeness (QED) is 0.518. The van der Waals surface area contributed by atoms with Crippen LogP contribution in [0.1, 0.15) is 0 Å². The van der Waals surface area contributed by atoms with Crippen LogP contribution in [0, 0.1) is 6.07 Å². The maximum atomic E-state index is 3.18. The Morgan fingerprint density at radius 1 is 1.33 bits per heavy atom. The van der Waals surface area contributed by atoms with Gasteiger partial charge in [0.15, 0.2) is 4.90 Å². The largest absolute Gasteiger partial charge is 0.162 e. The Morgan fingerprint density at radius 3 is 2.44 bits per heavy atom. The van der Waals surface area contributed by atoms with Gasteiger partial charge in [0, 0.05) is 17.0 Å². The minimum absolute atomic E-state index is 0.365. The van der Waals surface area contributed by atoms with E-state index in [2.05, 4.69) is 30.7 Å². The van der Waals surface area contributed by atoms with Gasteiger partial charge in [-0.3, -0.25) is 0 Å². The van der Waals surface area contributed by atoms with Crippen LogP contribution in [0.5, 0.6) is 0 Å². The molecule has 1 radical (unpaired) electrons. The highest BCUT2D eigenvalue weighted by Crippen LogP contribution is 2.05. The number of hydrogen-bond acceptors (Lipinski definition) is 0. The molecular weight excluding hydrogens is 128 g/mol. The lowest BCUT2D eigenvalue weighted by Gasteiger charge is -1.91. The van der Waals surface area contributed by atoms with E-state index in [1.54, 1.807) is 0 Å². The Bertz CT molecular complexity index is 167. The zero-order valence-corrected chi connectivity index (χ0v) is 6.53. The van der Waals surface area contributed by atoms with E-state index in [-0.39, 0.29) is 0 Å². The lowest BCUT2D eigenvalue weighted by molar-refractivity contribution is 1.43. The summed E-state index contributed by atoms with van der Waals surface area (Å²) in [6, 6.07) is 11.3. The third-order valence-corrected chi connectivity index (χ3v) is 2.25. The van der Waals surface area contributed by atoms with Crippen LogP contribution >= 0.6 is 0 Å². The van der Waals surface area contributed by atoms with E-state index in [0.29, 0.717) is 10.9 Å². The Labute approximate surface area is 59.3 Å². The summed E-state index contributed by atoms with van der Waals surface area (Å²) in [7, 11) is 0.365. The van der Waals surface area contributed by atoms with Gasteiger partial charge in [-0.05, 0) is 12.1 Å². The average Bonchev–Trinajstić information content (AvgIpc) is 1.90. The Morgan fingerprint density at radius 2 is 2.11 bits per heavy atom. The molecule has 9 heavy (non-hydrogen) atoms. The summed E-state index contributed by atoms with van der Waals surface area (Å²) in [4.78, 5) is 1.32. The second kappa shape index (κ2) is 2.92. The SMILES string of the molecule is C[S+](C)c1[c]cccc1. The molecule has 0 amide bonds. The Hall–Kier alpha value is -0.430. The van der Waals surface area contributed by atoms with Gasteiger partial charge in [-0.2, -0.15) is 0 Å². The van der Waals surface area contributed by atoms with Crippen LogP contribution < -0.4 is 0 Å². The molecular formula is C8H10S+. The van der Waals surface area contributed by atoms with Crippen molar-refractivity contribution in [3.05, 3.63) is 30.3 Å². The summed E-state index contributed by atoms with van der Waals surface area (Å²) in [6.45, 7) is 0. The van der Waals surface area contributed by atoms with Crippen molar-refractivity contribution in [1.82, 2.24) is 0 Å². The molecule has 0 nitrogen and oxygen atoms in total. The summed E-state index contributed by atoms with van der Waals surface area (Å²) in [5.41, 5.74) is 0. The second-order valence-electron chi connectivity index (χ2n) is 2.04. The molecule has 1 aromatic carbocycles. The first-order valence-electron chi connectivity index (χ1n) is 2.85. The minimum atomic E-state index is 0.365. The maximum absolute atomic E-state index is 3.18. The summed E-state index contributed by atoms with van der Waals surface area (Å²) >= 11 is 0. The molecule has 0 aromatic heterocycles. The topological polar surface area (TPSA) is 0 Å². The van der Waals surface area contributed by atoms with E-state index in [1.807, 2.05) is 12.1 Å². The predicted octanol–water partition coefficient (Wildman–Crippen LogP) is 1.72. The molecule has 0 aliphatic carbocycles. The van der Waals surface area contributed by atoms with Crippen molar-refractivity contribution >= 4 is 10.9 Å². The summed E-state index contributed by atoms with van der Waals surface area (Å²) in [5, 5.41) is 0. The molecule has 1 rings (SSSR count). The first-order valence-corrected chi connectivity index (χ1v) is 4.89. The first-order chi connectivity index (χ1) is 4.30. The van der Waals surface area contributed by atoms with Gasteiger partial charge in [-0.15, -0.1) is 0 Å². The number of hydrogen-bond donors (Lipinski definition) is 0. The van der Waals surface area contributed by atoms with Crippen molar-refractivity contribution in [3.63, 3.8) is 0 Å². The van der Waals surface area contributed by atoms with Crippen molar-refractivity contribution < 1.29 is 0 Å². The third-order valence-electron chi connectivity index (χ3n) is 1.12. The fourth-order valence-electron chi connectivity index (χ4n) is 0.631. The first kappa shape index (κ1) is 6.69. The molecule has 0 saturated carbocycles. The fraction of sp³-hybridized carbons (Fsp3) is 0.250. The zero-order valence-electron chi connectivity index (χ0n) is 5.72. The highest BCUT2D eigenvalue weighted by molar-refractivity contribution is 7.95. The monoisotopic (exact) mass is 138 g/mol. The van der Waals surface area contributed by atoms with E-state index in [9.17, 15) is 0 Å². The van der Waals surface area contributed by atoms with Crippen LogP contribution in [-0.2, 0) is 10.9 Å². The Balaban J connectivity index is 2.85. The molecule has 47 valence electrons. The van der Waals surface area contributed by atoms with Gasteiger partial charge >= 0.3 is 0 Å². The molecule has 0 unspecified atom stereocenters. The van der Waals surface area contributed by atoms with E-state index < -0.39 is 0 Å².